The topological polar surface area (TPSA) is 63.2 Å². The van der Waals surface area contributed by atoms with Gasteiger partial charge < -0.3 is 5.32 Å². The van der Waals surface area contributed by atoms with Crippen LogP contribution in [0.15, 0.2) is 23.1 Å². The maximum atomic E-state index is 11.8. The summed E-state index contributed by atoms with van der Waals surface area (Å²) >= 11 is 0. The Labute approximate surface area is 107 Å². The number of fused-ring (bicyclic) bond motifs is 1. The van der Waals surface area contributed by atoms with Crippen molar-refractivity contribution in [3.05, 3.63) is 29.3 Å². The highest BCUT2D eigenvalue weighted by atomic mass is 32.2. The van der Waals surface area contributed by atoms with Gasteiger partial charge in [-0.1, -0.05) is 0 Å². The van der Waals surface area contributed by atoms with Crippen LogP contribution in [0.3, 0.4) is 0 Å². The summed E-state index contributed by atoms with van der Waals surface area (Å²) in [7, 11) is -3.14. The summed E-state index contributed by atoms with van der Waals surface area (Å²) in [4.78, 5) is 12.2. The van der Waals surface area contributed by atoms with Crippen molar-refractivity contribution in [2.24, 2.45) is 0 Å². The summed E-state index contributed by atoms with van der Waals surface area (Å²) in [6.45, 7) is 3.78. The van der Waals surface area contributed by atoms with Crippen LogP contribution in [-0.2, 0) is 16.3 Å². The van der Waals surface area contributed by atoms with E-state index >= 15 is 0 Å². The molecule has 1 N–H and O–H groups in total. The number of carbonyl (C=O) groups excluding carboxylic acids is 1. The van der Waals surface area contributed by atoms with E-state index in [0.29, 0.717) is 16.9 Å². The lowest BCUT2D eigenvalue weighted by Crippen LogP contribution is -2.30. The molecule has 0 aromatic heterocycles. The summed E-state index contributed by atoms with van der Waals surface area (Å²) in [6.07, 6.45) is 1.35. The fourth-order valence-corrected chi connectivity index (χ4v) is 3.71. The molecule has 0 saturated heterocycles. The van der Waals surface area contributed by atoms with Gasteiger partial charge >= 0.3 is 0 Å². The SMILES string of the molecule is CC(C)NC(=O)c1ccc2c(c1)CCCS2(=O)=O. The first-order chi connectivity index (χ1) is 8.40. The molecule has 18 heavy (non-hydrogen) atoms. The van der Waals surface area contributed by atoms with Gasteiger partial charge in [0.1, 0.15) is 0 Å². The molecular weight excluding hydrogens is 250 g/mol. The Kier molecular flexibility index (Phi) is 3.43. The van der Waals surface area contributed by atoms with Gasteiger partial charge in [0.2, 0.25) is 0 Å². The summed E-state index contributed by atoms with van der Waals surface area (Å²) in [6, 6.07) is 4.90. The average Bonchev–Trinajstić information content (AvgIpc) is 2.27. The highest BCUT2D eigenvalue weighted by Crippen LogP contribution is 2.25. The molecule has 4 nitrogen and oxygen atoms in total. The molecule has 2 rings (SSSR count). The van der Waals surface area contributed by atoms with Gasteiger partial charge in [-0.05, 0) is 50.5 Å². The van der Waals surface area contributed by atoms with Crippen LogP contribution in [0.1, 0.15) is 36.2 Å². The second-order valence-corrected chi connectivity index (χ2v) is 6.95. The van der Waals surface area contributed by atoms with Crippen LogP contribution < -0.4 is 5.32 Å². The highest BCUT2D eigenvalue weighted by molar-refractivity contribution is 7.91. The Balaban J connectivity index is 2.36. The van der Waals surface area contributed by atoms with Crippen LogP contribution >= 0.6 is 0 Å². The van der Waals surface area contributed by atoms with Crippen molar-refractivity contribution in [1.82, 2.24) is 5.32 Å². The van der Waals surface area contributed by atoms with Crippen molar-refractivity contribution < 1.29 is 13.2 Å². The maximum absolute atomic E-state index is 11.8. The van der Waals surface area contributed by atoms with Crippen LogP contribution in [0, 0.1) is 0 Å². The number of rotatable bonds is 2. The molecule has 0 radical (unpaired) electrons. The van der Waals surface area contributed by atoms with Crippen molar-refractivity contribution in [1.29, 1.82) is 0 Å². The van der Waals surface area contributed by atoms with Gasteiger partial charge in [-0.2, -0.15) is 0 Å². The molecule has 0 spiro atoms. The Morgan fingerprint density at radius 2 is 2.06 bits per heavy atom. The van der Waals surface area contributed by atoms with Crippen LogP contribution in [0.5, 0.6) is 0 Å². The zero-order valence-corrected chi connectivity index (χ0v) is 11.4. The zero-order valence-electron chi connectivity index (χ0n) is 10.6. The molecular formula is C13H17NO3S. The van der Waals surface area contributed by atoms with Gasteiger partial charge in [0, 0.05) is 11.6 Å². The first-order valence-corrected chi connectivity index (χ1v) is 7.72. The summed E-state index contributed by atoms with van der Waals surface area (Å²) < 4.78 is 23.7. The van der Waals surface area contributed by atoms with Crippen LogP contribution in [0.4, 0.5) is 0 Å². The number of carbonyl (C=O) groups is 1. The molecule has 0 saturated carbocycles. The minimum absolute atomic E-state index is 0.0669. The van der Waals surface area contributed by atoms with Gasteiger partial charge in [0.05, 0.1) is 10.6 Å². The number of aryl methyl sites for hydroxylation is 1. The molecule has 0 bridgehead atoms. The molecule has 1 heterocycles. The van der Waals surface area contributed by atoms with E-state index in [4.69, 9.17) is 0 Å². The minimum Gasteiger partial charge on any atom is -0.350 e. The Hall–Kier alpha value is -1.36. The van der Waals surface area contributed by atoms with Gasteiger partial charge in [-0.25, -0.2) is 8.42 Å². The molecule has 98 valence electrons. The van der Waals surface area contributed by atoms with E-state index in [1.807, 2.05) is 13.8 Å². The molecule has 1 amide bonds. The van der Waals surface area contributed by atoms with E-state index in [1.165, 1.54) is 0 Å². The lowest BCUT2D eigenvalue weighted by atomic mass is 10.1. The lowest BCUT2D eigenvalue weighted by molar-refractivity contribution is 0.0943. The maximum Gasteiger partial charge on any atom is 0.251 e. The van der Waals surface area contributed by atoms with E-state index in [9.17, 15) is 13.2 Å². The Morgan fingerprint density at radius 3 is 2.72 bits per heavy atom. The number of amides is 1. The first kappa shape index (κ1) is 13.1. The predicted molar refractivity (Wildman–Crippen MR) is 69.4 cm³/mol. The van der Waals surface area contributed by atoms with Crippen LogP contribution in [0.2, 0.25) is 0 Å². The lowest BCUT2D eigenvalue weighted by Gasteiger charge is -2.17. The summed E-state index contributed by atoms with van der Waals surface area (Å²) in [5, 5.41) is 2.80. The molecule has 1 aliphatic heterocycles. The van der Waals surface area contributed by atoms with Gasteiger partial charge in [-0.3, -0.25) is 4.79 Å². The second kappa shape index (κ2) is 4.72. The molecule has 1 aliphatic rings. The number of nitrogens with one attached hydrogen (secondary N) is 1. The largest absolute Gasteiger partial charge is 0.350 e. The second-order valence-electron chi connectivity index (χ2n) is 4.87. The van der Waals surface area contributed by atoms with Crippen molar-refractivity contribution >= 4 is 15.7 Å². The molecule has 0 unspecified atom stereocenters. The van der Waals surface area contributed by atoms with Crippen LogP contribution in [0.25, 0.3) is 0 Å². The van der Waals surface area contributed by atoms with E-state index in [2.05, 4.69) is 5.32 Å². The van der Waals surface area contributed by atoms with Crippen molar-refractivity contribution in [3.8, 4) is 0 Å². The molecule has 1 aromatic carbocycles. The van der Waals surface area contributed by atoms with E-state index < -0.39 is 9.84 Å². The van der Waals surface area contributed by atoms with Gasteiger partial charge in [-0.15, -0.1) is 0 Å². The number of hydrogen-bond acceptors (Lipinski definition) is 3. The molecule has 5 heteroatoms. The first-order valence-electron chi connectivity index (χ1n) is 6.07. The average molecular weight is 267 g/mol. The van der Waals surface area contributed by atoms with Crippen molar-refractivity contribution in [2.75, 3.05) is 5.75 Å². The third kappa shape index (κ3) is 2.56. The quantitative estimate of drug-likeness (QED) is 0.884. The third-order valence-corrected chi connectivity index (χ3v) is 4.83. The monoisotopic (exact) mass is 267 g/mol. The van der Waals surface area contributed by atoms with E-state index in [1.54, 1.807) is 18.2 Å². The molecule has 0 atom stereocenters. The number of hydrogen-bond donors (Lipinski definition) is 1. The van der Waals surface area contributed by atoms with Gasteiger partial charge in [0.15, 0.2) is 9.84 Å². The third-order valence-electron chi connectivity index (χ3n) is 2.94. The van der Waals surface area contributed by atoms with Gasteiger partial charge in [0.25, 0.3) is 5.91 Å². The standard InChI is InChI=1S/C13H17NO3S/c1-9(2)14-13(15)11-5-6-12-10(8-11)4-3-7-18(12,16)17/h5-6,8-9H,3-4,7H2,1-2H3,(H,14,15). The molecule has 0 aliphatic carbocycles. The predicted octanol–water partition coefficient (Wildman–Crippen LogP) is 1.54. The Morgan fingerprint density at radius 1 is 1.33 bits per heavy atom. The smallest absolute Gasteiger partial charge is 0.251 e. The highest BCUT2D eigenvalue weighted by Gasteiger charge is 2.24. The zero-order chi connectivity index (χ0) is 13.3. The summed E-state index contributed by atoms with van der Waals surface area (Å²) in [5.41, 5.74) is 1.29. The van der Waals surface area contributed by atoms with E-state index in [-0.39, 0.29) is 17.7 Å². The fourth-order valence-electron chi connectivity index (χ4n) is 2.13. The number of benzene rings is 1. The fraction of sp³-hybridized carbons (Fsp3) is 0.462. The van der Waals surface area contributed by atoms with E-state index in [0.717, 1.165) is 12.0 Å². The molecule has 1 aromatic rings. The normalized spacial score (nSPS) is 17.3. The van der Waals surface area contributed by atoms with Crippen molar-refractivity contribution in [2.45, 2.75) is 37.6 Å². The van der Waals surface area contributed by atoms with Crippen molar-refractivity contribution in [3.63, 3.8) is 0 Å². The Bertz CT molecular complexity index is 576. The molecule has 0 fully saturated rings. The summed E-state index contributed by atoms with van der Waals surface area (Å²) in [5.74, 6) is 0.0492. The van der Waals surface area contributed by atoms with Crippen LogP contribution in [-0.4, -0.2) is 26.1 Å². The number of sulfone groups is 1. The minimum atomic E-state index is -3.14.